The molecule has 0 N–H and O–H groups in total. The molecule has 1 aromatic carbocycles. The minimum absolute atomic E-state index is 0.514. The summed E-state index contributed by atoms with van der Waals surface area (Å²) < 4.78 is 4.62. The topological polar surface area (TPSA) is 26.3 Å². The largest absolute Gasteiger partial charge is 0.468 e. The van der Waals surface area contributed by atoms with Crippen LogP contribution in [0.3, 0.4) is 0 Å². The number of carbonyl (C=O) groups is 1. The number of carbonyl (C=O) groups excluding carboxylic acids is 1. The van der Waals surface area contributed by atoms with E-state index < -0.39 is 0 Å². The van der Waals surface area contributed by atoms with Crippen molar-refractivity contribution in [2.45, 2.75) is 32.6 Å². The molecule has 0 aliphatic carbocycles. The fraction of sp³-hybridized carbons (Fsp3) is 0.462. The molecule has 0 radical (unpaired) electrons. The highest BCUT2D eigenvalue weighted by molar-refractivity contribution is 5.36. The van der Waals surface area contributed by atoms with Gasteiger partial charge in [0.05, 0.1) is 6.61 Å². The van der Waals surface area contributed by atoms with E-state index in [1.54, 1.807) is 0 Å². The Morgan fingerprint density at radius 1 is 1.27 bits per heavy atom. The number of benzene rings is 1. The summed E-state index contributed by atoms with van der Waals surface area (Å²) in [6.45, 7) is 3.18. The van der Waals surface area contributed by atoms with Crippen LogP contribution in [0.4, 0.5) is 0 Å². The molecule has 15 heavy (non-hydrogen) atoms. The third kappa shape index (κ3) is 5.21. The van der Waals surface area contributed by atoms with Crippen LogP contribution in [0.25, 0.3) is 0 Å². The van der Waals surface area contributed by atoms with Crippen LogP contribution in [0, 0.1) is 6.92 Å². The Balaban J connectivity index is 2.12. The van der Waals surface area contributed by atoms with Gasteiger partial charge in [-0.05, 0) is 38.2 Å². The minimum atomic E-state index is 0.514. The first kappa shape index (κ1) is 11.8. The van der Waals surface area contributed by atoms with E-state index in [9.17, 15) is 4.79 Å². The SMILES string of the molecule is Cc1cccc(CCCCCOC=O)c1. The fourth-order valence-electron chi connectivity index (χ4n) is 1.61. The molecule has 2 nitrogen and oxygen atoms in total. The van der Waals surface area contributed by atoms with E-state index in [0.29, 0.717) is 13.1 Å². The van der Waals surface area contributed by atoms with Gasteiger partial charge in [-0.3, -0.25) is 4.79 Å². The Kier molecular flexibility index (Phi) is 5.52. The number of aryl methyl sites for hydroxylation is 2. The molecule has 2 heteroatoms. The molecule has 0 unspecified atom stereocenters. The van der Waals surface area contributed by atoms with Gasteiger partial charge in [0, 0.05) is 0 Å². The summed E-state index contributed by atoms with van der Waals surface area (Å²) in [5, 5.41) is 0. The van der Waals surface area contributed by atoms with Crippen molar-refractivity contribution in [3.05, 3.63) is 35.4 Å². The van der Waals surface area contributed by atoms with Crippen LogP contribution in [0.5, 0.6) is 0 Å². The lowest BCUT2D eigenvalue weighted by molar-refractivity contribution is -0.128. The van der Waals surface area contributed by atoms with E-state index >= 15 is 0 Å². The van der Waals surface area contributed by atoms with Crippen molar-refractivity contribution in [1.29, 1.82) is 0 Å². The summed E-state index contributed by atoms with van der Waals surface area (Å²) in [6, 6.07) is 8.60. The van der Waals surface area contributed by atoms with Gasteiger partial charge in [-0.1, -0.05) is 29.8 Å². The summed E-state index contributed by atoms with van der Waals surface area (Å²) in [6.07, 6.45) is 4.35. The Labute approximate surface area is 91.3 Å². The molecule has 0 bridgehead atoms. The first-order valence-corrected chi connectivity index (χ1v) is 5.44. The van der Waals surface area contributed by atoms with Crippen LogP contribution in [0.15, 0.2) is 24.3 Å². The van der Waals surface area contributed by atoms with Crippen molar-refractivity contribution in [3.8, 4) is 0 Å². The van der Waals surface area contributed by atoms with Crippen molar-refractivity contribution < 1.29 is 9.53 Å². The van der Waals surface area contributed by atoms with Gasteiger partial charge in [-0.15, -0.1) is 0 Å². The molecule has 1 aromatic rings. The molecule has 0 atom stereocenters. The average molecular weight is 206 g/mol. The van der Waals surface area contributed by atoms with Gasteiger partial charge in [0.2, 0.25) is 0 Å². The van der Waals surface area contributed by atoms with Crippen LogP contribution in [0.1, 0.15) is 30.4 Å². The quantitative estimate of drug-likeness (QED) is 0.506. The smallest absolute Gasteiger partial charge is 0.293 e. The van der Waals surface area contributed by atoms with Gasteiger partial charge in [0.1, 0.15) is 0 Å². The van der Waals surface area contributed by atoms with Crippen LogP contribution >= 0.6 is 0 Å². The molecule has 0 saturated heterocycles. The molecule has 0 fully saturated rings. The Hall–Kier alpha value is -1.31. The predicted octanol–water partition coefficient (Wildman–Crippen LogP) is 2.88. The molecule has 0 heterocycles. The second kappa shape index (κ2) is 7.04. The maximum Gasteiger partial charge on any atom is 0.293 e. The lowest BCUT2D eigenvalue weighted by Gasteiger charge is -2.02. The van der Waals surface area contributed by atoms with Gasteiger partial charge in [0.25, 0.3) is 6.47 Å². The molecule has 0 spiro atoms. The van der Waals surface area contributed by atoms with Crippen molar-refractivity contribution in [2.75, 3.05) is 6.61 Å². The van der Waals surface area contributed by atoms with E-state index in [1.165, 1.54) is 11.1 Å². The summed E-state index contributed by atoms with van der Waals surface area (Å²) in [5.74, 6) is 0. The first-order chi connectivity index (χ1) is 7.33. The van der Waals surface area contributed by atoms with Crippen LogP contribution in [-0.2, 0) is 16.0 Å². The normalized spacial score (nSPS) is 9.93. The lowest BCUT2D eigenvalue weighted by atomic mass is 10.1. The van der Waals surface area contributed by atoms with Crippen molar-refractivity contribution >= 4 is 6.47 Å². The van der Waals surface area contributed by atoms with Gasteiger partial charge < -0.3 is 4.74 Å². The zero-order valence-electron chi connectivity index (χ0n) is 9.24. The van der Waals surface area contributed by atoms with Crippen molar-refractivity contribution in [2.24, 2.45) is 0 Å². The zero-order chi connectivity index (χ0) is 10.9. The summed E-state index contributed by atoms with van der Waals surface area (Å²) >= 11 is 0. The van der Waals surface area contributed by atoms with Crippen LogP contribution in [-0.4, -0.2) is 13.1 Å². The molecule has 0 aromatic heterocycles. The number of ether oxygens (including phenoxy) is 1. The standard InChI is InChI=1S/C13H18O2/c1-12-6-5-8-13(10-12)7-3-2-4-9-15-11-14/h5-6,8,10-11H,2-4,7,9H2,1H3. The molecule has 0 aliphatic rings. The number of unbranched alkanes of at least 4 members (excludes halogenated alkanes) is 2. The zero-order valence-corrected chi connectivity index (χ0v) is 9.24. The third-order valence-electron chi connectivity index (χ3n) is 2.38. The van der Waals surface area contributed by atoms with Crippen molar-refractivity contribution in [3.63, 3.8) is 0 Å². The van der Waals surface area contributed by atoms with E-state index in [4.69, 9.17) is 0 Å². The number of rotatable bonds is 7. The number of hydrogen-bond acceptors (Lipinski definition) is 2. The summed E-state index contributed by atoms with van der Waals surface area (Å²) in [5.41, 5.74) is 2.71. The van der Waals surface area contributed by atoms with E-state index in [0.717, 1.165) is 25.7 Å². The Morgan fingerprint density at radius 3 is 2.87 bits per heavy atom. The fourth-order valence-corrected chi connectivity index (χ4v) is 1.61. The molecule has 0 amide bonds. The molecule has 0 saturated carbocycles. The molecule has 1 rings (SSSR count). The van der Waals surface area contributed by atoms with Gasteiger partial charge >= 0.3 is 0 Å². The first-order valence-electron chi connectivity index (χ1n) is 5.44. The van der Waals surface area contributed by atoms with Gasteiger partial charge in [-0.25, -0.2) is 0 Å². The second-order valence-corrected chi connectivity index (χ2v) is 3.77. The van der Waals surface area contributed by atoms with E-state index in [2.05, 4.69) is 35.9 Å². The van der Waals surface area contributed by atoms with Crippen LogP contribution < -0.4 is 0 Å². The molecular formula is C13H18O2. The maximum absolute atomic E-state index is 9.87. The Morgan fingerprint density at radius 2 is 2.13 bits per heavy atom. The van der Waals surface area contributed by atoms with Gasteiger partial charge in [-0.2, -0.15) is 0 Å². The highest BCUT2D eigenvalue weighted by Crippen LogP contribution is 2.08. The van der Waals surface area contributed by atoms with Crippen molar-refractivity contribution in [1.82, 2.24) is 0 Å². The average Bonchev–Trinajstić information content (AvgIpc) is 2.23. The summed E-state index contributed by atoms with van der Waals surface area (Å²) in [4.78, 5) is 9.87. The molecular weight excluding hydrogens is 188 g/mol. The lowest BCUT2D eigenvalue weighted by Crippen LogP contribution is -1.92. The highest BCUT2D eigenvalue weighted by atomic mass is 16.5. The summed E-state index contributed by atoms with van der Waals surface area (Å²) in [7, 11) is 0. The van der Waals surface area contributed by atoms with Gasteiger partial charge in [0.15, 0.2) is 0 Å². The van der Waals surface area contributed by atoms with Crippen LogP contribution in [0.2, 0.25) is 0 Å². The minimum Gasteiger partial charge on any atom is -0.468 e. The molecule has 82 valence electrons. The second-order valence-electron chi connectivity index (χ2n) is 3.77. The predicted molar refractivity (Wildman–Crippen MR) is 60.8 cm³/mol. The highest BCUT2D eigenvalue weighted by Gasteiger charge is 1.94. The third-order valence-corrected chi connectivity index (χ3v) is 2.38. The maximum atomic E-state index is 9.87. The van der Waals surface area contributed by atoms with E-state index in [-0.39, 0.29) is 0 Å². The van der Waals surface area contributed by atoms with E-state index in [1.807, 2.05) is 0 Å². The Bertz CT molecular complexity index is 294. The number of hydrogen-bond donors (Lipinski definition) is 0. The molecule has 0 aliphatic heterocycles. The monoisotopic (exact) mass is 206 g/mol.